The number of nitrogens with zero attached hydrogens (tertiary/aromatic N) is 4. The SMILES string of the molecule is COc1ncc([C@]2(O)CC[C@H]3CN(Cc4cccnc4)C[C@H]32)c(OC)n1. The van der Waals surface area contributed by atoms with Gasteiger partial charge >= 0.3 is 6.01 Å². The first kappa shape index (κ1) is 17.2. The molecule has 0 spiro atoms. The van der Waals surface area contributed by atoms with E-state index in [1.165, 1.54) is 12.7 Å². The fourth-order valence-electron chi connectivity index (χ4n) is 4.50. The van der Waals surface area contributed by atoms with Crippen molar-refractivity contribution in [3.8, 4) is 11.9 Å². The van der Waals surface area contributed by atoms with Crippen LogP contribution in [0.1, 0.15) is 24.0 Å². The summed E-state index contributed by atoms with van der Waals surface area (Å²) < 4.78 is 10.5. The van der Waals surface area contributed by atoms with Crippen LogP contribution in [-0.4, -0.2) is 52.3 Å². The zero-order valence-corrected chi connectivity index (χ0v) is 15.1. The third kappa shape index (κ3) is 2.91. The number of pyridine rings is 1. The van der Waals surface area contributed by atoms with Gasteiger partial charge in [-0.25, -0.2) is 4.98 Å². The number of ether oxygens (including phenoxy) is 2. The van der Waals surface area contributed by atoms with E-state index in [1.807, 2.05) is 12.3 Å². The Bertz CT molecular complexity index is 773. The fraction of sp³-hybridized carbons (Fsp3) is 0.526. The number of methoxy groups -OCH3 is 2. The van der Waals surface area contributed by atoms with Crippen molar-refractivity contribution >= 4 is 0 Å². The minimum Gasteiger partial charge on any atom is -0.481 e. The van der Waals surface area contributed by atoms with E-state index >= 15 is 0 Å². The van der Waals surface area contributed by atoms with E-state index in [-0.39, 0.29) is 11.9 Å². The molecule has 1 saturated heterocycles. The number of aliphatic hydroxyl groups is 1. The molecular formula is C19H24N4O3. The molecule has 1 N–H and O–H groups in total. The molecule has 2 aromatic rings. The summed E-state index contributed by atoms with van der Waals surface area (Å²) in [6, 6.07) is 4.30. The Morgan fingerprint density at radius 1 is 1.27 bits per heavy atom. The Morgan fingerprint density at radius 3 is 2.88 bits per heavy atom. The molecule has 7 heteroatoms. The van der Waals surface area contributed by atoms with Crippen molar-refractivity contribution in [2.75, 3.05) is 27.3 Å². The molecule has 2 aliphatic rings. The van der Waals surface area contributed by atoms with Crippen LogP contribution in [0.2, 0.25) is 0 Å². The lowest BCUT2D eigenvalue weighted by Gasteiger charge is -2.31. The van der Waals surface area contributed by atoms with Gasteiger partial charge in [0.2, 0.25) is 5.88 Å². The van der Waals surface area contributed by atoms with Crippen molar-refractivity contribution in [3.05, 3.63) is 41.9 Å². The zero-order valence-electron chi connectivity index (χ0n) is 15.1. The highest BCUT2D eigenvalue weighted by atomic mass is 16.5. The van der Waals surface area contributed by atoms with Gasteiger partial charge in [0.05, 0.1) is 19.8 Å². The van der Waals surface area contributed by atoms with E-state index in [0.717, 1.165) is 26.1 Å². The predicted molar refractivity (Wildman–Crippen MR) is 94.8 cm³/mol. The van der Waals surface area contributed by atoms with E-state index in [1.54, 1.807) is 19.5 Å². The molecule has 7 nitrogen and oxygen atoms in total. The second-order valence-corrected chi connectivity index (χ2v) is 7.16. The lowest BCUT2D eigenvalue weighted by molar-refractivity contribution is -0.00972. The predicted octanol–water partition coefficient (Wildman–Crippen LogP) is 1.62. The van der Waals surface area contributed by atoms with Gasteiger partial charge in [-0.2, -0.15) is 4.98 Å². The molecule has 1 aliphatic carbocycles. The average molecular weight is 356 g/mol. The molecule has 0 aromatic carbocycles. The van der Waals surface area contributed by atoms with Crippen LogP contribution in [0.5, 0.6) is 11.9 Å². The molecule has 26 heavy (non-hydrogen) atoms. The average Bonchev–Trinajstić information content (AvgIpc) is 3.22. The highest BCUT2D eigenvalue weighted by Crippen LogP contribution is 2.52. The van der Waals surface area contributed by atoms with Gasteiger partial charge in [-0.05, 0) is 30.4 Å². The van der Waals surface area contributed by atoms with Crippen molar-refractivity contribution in [2.45, 2.75) is 25.0 Å². The summed E-state index contributed by atoms with van der Waals surface area (Å²) in [7, 11) is 3.08. The highest BCUT2D eigenvalue weighted by Gasteiger charge is 2.53. The van der Waals surface area contributed by atoms with Crippen LogP contribution in [0.4, 0.5) is 0 Å². The smallest absolute Gasteiger partial charge is 0.319 e. The lowest BCUT2D eigenvalue weighted by Crippen LogP contribution is -2.35. The Hall–Kier alpha value is -2.25. The summed E-state index contributed by atoms with van der Waals surface area (Å²) >= 11 is 0. The molecule has 3 atom stereocenters. The molecule has 0 amide bonds. The topological polar surface area (TPSA) is 80.6 Å². The van der Waals surface area contributed by atoms with Gasteiger partial charge in [-0.15, -0.1) is 0 Å². The monoisotopic (exact) mass is 356 g/mol. The fourth-order valence-corrected chi connectivity index (χ4v) is 4.50. The quantitative estimate of drug-likeness (QED) is 0.872. The molecule has 0 radical (unpaired) electrons. The van der Waals surface area contributed by atoms with Crippen LogP contribution in [0, 0.1) is 11.8 Å². The second-order valence-electron chi connectivity index (χ2n) is 7.16. The van der Waals surface area contributed by atoms with Crippen molar-refractivity contribution < 1.29 is 14.6 Å². The maximum absolute atomic E-state index is 11.6. The minimum absolute atomic E-state index is 0.144. The summed E-state index contributed by atoms with van der Waals surface area (Å²) in [4.78, 5) is 15.1. The third-order valence-corrected chi connectivity index (χ3v) is 5.73. The van der Waals surface area contributed by atoms with Gasteiger partial charge in [-0.1, -0.05) is 6.07 Å². The van der Waals surface area contributed by atoms with E-state index in [4.69, 9.17) is 9.47 Å². The third-order valence-electron chi connectivity index (χ3n) is 5.73. The summed E-state index contributed by atoms with van der Waals surface area (Å²) in [5.74, 6) is 0.999. The van der Waals surface area contributed by atoms with Gasteiger partial charge in [0, 0.05) is 44.1 Å². The van der Waals surface area contributed by atoms with Crippen molar-refractivity contribution in [3.63, 3.8) is 0 Å². The maximum Gasteiger partial charge on any atom is 0.319 e. The van der Waals surface area contributed by atoms with Gasteiger partial charge in [0.1, 0.15) is 5.60 Å². The molecule has 2 fully saturated rings. The van der Waals surface area contributed by atoms with Crippen LogP contribution in [0.15, 0.2) is 30.7 Å². The van der Waals surface area contributed by atoms with E-state index in [0.29, 0.717) is 23.8 Å². The molecule has 3 heterocycles. The molecule has 4 rings (SSSR count). The van der Waals surface area contributed by atoms with Gasteiger partial charge in [0.15, 0.2) is 0 Å². The minimum atomic E-state index is -0.966. The molecule has 1 saturated carbocycles. The Kier molecular flexibility index (Phi) is 4.50. The molecule has 0 bridgehead atoms. The molecule has 2 aromatic heterocycles. The number of rotatable bonds is 5. The van der Waals surface area contributed by atoms with E-state index in [9.17, 15) is 5.11 Å². The number of aromatic nitrogens is 3. The first-order chi connectivity index (χ1) is 12.6. The first-order valence-corrected chi connectivity index (χ1v) is 8.93. The molecular weight excluding hydrogens is 332 g/mol. The van der Waals surface area contributed by atoms with Crippen molar-refractivity contribution in [1.29, 1.82) is 0 Å². The number of hydrogen-bond donors (Lipinski definition) is 1. The summed E-state index contributed by atoms with van der Waals surface area (Å²) in [6.07, 6.45) is 7.03. The van der Waals surface area contributed by atoms with Crippen molar-refractivity contribution in [1.82, 2.24) is 19.9 Å². The number of hydrogen-bond acceptors (Lipinski definition) is 7. The lowest BCUT2D eigenvalue weighted by atomic mass is 9.83. The van der Waals surface area contributed by atoms with Crippen LogP contribution >= 0.6 is 0 Å². The van der Waals surface area contributed by atoms with Gasteiger partial charge in [-0.3, -0.25) is 9.88 Å². The first-order valence-electron chi connectivity index (χ1n) is 8.93. The summed E-state index contributed by atoms with van der Waals surface area (Å²) in [6.45, 7) is 2.68. The standard InChI is InChI=1S/C19H24N4O3/c1-25-17-15(9-21-18(22-17)26-2)19(24)6-5-14-11-23(12-16(14)19)10-13-4-3-7-20-8-13/h3-4,7-9,14,16,24H,5-6,10-12H2,1-2H3/t14-,16+,19+/m0/s1. The van der Waals surface area contributed by atoms with E-state index in [2.05, 4.69) is 25.9 Å². The summed E-state index contributed by atoms with van der Waals surface area (Å²) in [5.41, 5.74) is 0.893. The molecule has 1 aliphatic heterocycles. The largest absolute Gasteiger partial charge is 0.481 e. The Balaban J connectivity index is 1.57. The van der Waals surface area contributed by atoms with Crippen LogP contribution < -0.4 is 9.47 Å². The van der Waals surface area contributed by atoms with Crippen LogP contribution in [-0.2, 0) is 12.1 Å². The zero-order chi connectivity index (χ0) is 18.1. The Labute approximate surface area is 153 Å². The number of likely N-dealkylation sites (tertiary alicyclic amines) is 1. The van der Waals surface area contributed by atoms with Crippen LogP contribution in [0.25, 0.3) is 0 Å². The second kappa shape index (κ2) is 6.81. The Morgan fingerprint density at radius 2 is 2.15 bits per heavy atom. The van der Waals surface area contributed by atoms with Gasteiger partial charge in [0.25, 0.3) is 0 Å². The maximum atomic E-state index is 11.6. The summed E-state index contributed by atoms with van der Waals surface area (Å²) in [5, 5.41) is 11.6. The van der Waals surface area contributed by atoms with Gasteiger partial charge < -0.3 is 14.6 Å². The molecule has 138 valence electrons. The highest BCUT2D eigenvalue weighted by molar-refractivity contribution is 5.34. The van der Waals surface area contributed by atoms with Crippen molar-refractivity contribution in [2.24, 2.45) is 11.8 Å². The number of fused-ring (bicyclic) bond motifs is 1. The molecule has 0 unspecified atom stereocenters. The normalized spacial score (nSPS) is 28.1. The van der Waals surface area contributed by atoms with Crippen LogP contribution in [0.3, 0.4) is 0 Å². The van der Waals surface area contributed by atoms with E-state index < -0.39 is 5.60 Å².